The number of pyridine rings is 1. The minimum atomic E-state index is 0.0944. The summed E-state index contributed by atoms with van der Waals surface area (Å²) in [6, 6.07) is 4.62. The number of anilines is 1. The lowest BCUT2D eigenvalue weighted by atomic mass is 9.99. The van der Waals surface area contributed by atoms with Crippen molar-refractivity contribution in [2.75, 3.05) is 24.5 Å². The van der Waals surface area contributed by atoms with Crippen LogP contribution in [0.3, 0.4) is 0 Å². The van der Waals surface area contributed by atoms with Crippen LogP contribution in [0.4, 0.5) is 5.69 Å². The molecular weight excluding hydrogens is 274 g/mol. The van der Waals surface area contributed by atoms with Crippen molar-refractivity contribution in [1.82, 2.24) is 9.88 Å². The molecule has 2 aliphatic heterocycles. The lowest BCUT2D eigenvalue weighted by molar-refractivity contribution is 0.0718. The number of amides is 1. The molecule has 2 fully saturated rings. The monoisotopic (exact) mass is 301 g/mol. The first-order valence-corrected chi connectivity index (χ1v) is 8.81. The third-order valence-corrected chi connectivity index (χ3v) is 5.04. The summed E-state index contributed by atoms with van der Waals surface area (Å²) in [5, 5.41) is 0. The Labute approximate surface area is 133 Å². The zero-order valence-electron chi connectivity index (χ0n) is 13.6. The Balaban J connectivity index is 1.70. The molecule has 1 aromatic rings. The first kappa shape index (κ1) is 15.3. The maximum absolute atomic E-state index is 12.5. The van der Waals surface area contributed by atoms with Gasteiger partial charge in [-0.15, -0.1) is 0 Å². The first-order chi connectivity index (χ1) is 10.8. The van der Waals surface area contributed by atoms with Crippen molar-refractivity contribution in [2.24, 2.45) is 0 Å². The molecule has 1 aromatic heterocycles. The second-order valence-corrected chi connectivity index (χ2v) is 6.51. The van der Waals surface area contributed by atoms with E-state index in [2.05, 4.69) is 22.9 Å². The van der Waals surface area contributed by atoms with Crippen molar-refractivity contribution in [3.8, 4) is 0 Å². The second kappa shape index (κ2) is 7.12. The predicted molar refractivity (Wildman–Crippen MR) is 89.3 cm³/mol. The summed E-state index contributed by atoms with van der Waals surface area (Å²) in [5.41, 5.74) is 1.76. The van der Waals surface area contributed by atoms with Crippen LogP contribution >= 0.6 is 0 Å². The van der Waals surface area contributed by atoms with Crippen LogP contribution in [0.5, 0.6) is 0 Å². The molecule has 0 saturated carbocycles. The summed E-state index contributed by atoms with van der Waals surface area (Å²) in [7, 11) is 0. The molecule has 120 valence electrons. The van der Waals surface area contributed by atoms with Crippen LogP contribution in [0.25, 0.3) is 0 Å². The van der Waals surface area contributed by atoms with Gasteiger partial charge in [0.15, 0.2) is 0 Å². The summed E-state index contributed by atoms with van der Waals surface area (Å²) in [6.45, 7) is 5.13. The smallest absolute Gasteiger partial charge is 0.272 e. The Bertz CT molecular complexity index is 494. The SMILES string of the molecule is CCC1CCCCN1c1ccc(C(=O)N2CCCCC2)nc1. The highest BCUT2D eigenvalue weighted by Crippen LogP contribution is 2.26. The summed E-state index contributed by atoms with van der Waals surface area (Å²) in [5.74, 6) is 0.0944. The molecular formula is C18H27N3O. The van der Waals surface area contributed by atoms with Crippen molar-refractivity contribution in [3.05, 3.63) is 24.0 Å². The number of nitrogens with zero attached hydrogens (tertiary/aromatic N) is 3. The van der Waals surface area contributed by atoms with Crippen molar-refractivity contribution in [1.29, 1.82) is 0 Å². The van der Waals surface area contributed by atoms with Gasteiger partial charge in [-0.3, -0.25) is 4.79 Å². The van der Waals surface area contributed by atoms with Crippen molar-refractivity contribution in [3.63, 3.8) is 0 Å². The molecule has 1 atom stereocenters. The maximum atomic E-state index is 12.5. The van der Waals surface area contributed by atoms with Crippen LogP contribution in [0.15, 0.2) is 18.3 Å². The number of hydrogen-bond acceptors (Lipinski definition) is 3. The molecule has 3 rings (SSSR count). The number of rotatable bonds is 3. The summed E-state index contributed by atoms with van der Waals surface area (Å²) in [6.07, 6.45) is 10.4. The Morgan fingerprint density at radius 1 is 1.14 bits per heavy atom. The molecule has 2 aliphatic rings. The number of hydrogen-bond donors (Lipinski definition) is 0. The number of piperidine rings is 2. The molecule has 0 aliphatic carbocycles. The first-order valence-electron chi connectivity index (χ1n) is 8.81. The van der Waals surface area contributed by atoms with E-state index in [0.29, 0.717) is 11.7 Å². The summed E-state index contributed by atoms with van der Waals surface area (Å²) in [4.78, 5) is 21.3. The predicted octanol–water partition coefficient (Wildman–Crippen LogP) is 3.48. The molecule has 22 heavy (non-hydrogen) atoms. The zero-order valence-corrected chi connectivity index (χ0v) is 13.6. The molecule has 1 unspecified atom stereocenters. The Hall–Kier alpha value is -1.58. The molecule has 1 amide bonds. The van der Waals surface area contributed by atoms with Crippen LogP contribution in [-0.4, -0.2) is 41.5 Å². The molecule has 4 heteroatoms. The molecule has 4 nitrogen and oxygen atoms in total. The Morgan fingerprint density at radius 3 is 2.59 bits per heavy atom. The van der Waals surface area contributed by atoms with Gasteiger partial charge in [-0.05, 0) is 57.1 Å². The van der Waals surface area contributed by atoms with E-state index in [1.54, 1.807) is 0 Å². The fourth-order valence-electron chi connectivity index (χ4n) is 3.71. The van der Waals surface area contributed by atoms with Crippen molar-refractivity contribution < 1.29 is 4.79 Å². The van der Waals surface area contributed by atoms with E-state index >= 15 is 0 Å². The van der Waals surface area contributed by atoms with Gasteiger partial charge >= 0.3 is 0 Å². The average molecular weight is 301 g/mol. The summed E-state index contributed by atoms with van der Waals surface area (Å²) >= 11 is 0. The quantitative estimate of drug-likeness (QED) is 0.857. The Morgan fingerprint density at radius 2 is 1.91 bits per heavy atom. The molecule has 0 radical (unpaired) electrons. The highest BCUT2D eigenvalue weighted by molar-refractivity contribution is 5.92. The molecule has 0 N–H and O–H groups in total. The fourth-order valence-corrected chi connectivity index (χ4v) is 3.71. The fraction of sp³-hybridized carbons (Fsp3) is 0.667. The van der Waals surface area contributed by atoms with E-state index in [0.717, 1.165) is 32.5 Å². The molecule has 0 aromatic carbocycles. The standard InChI is InChI=1S/C18H27N3O/c1-2-15-8-4-7-13-21(15)16-9-10-17(19-14-16)18(22)20-11-5-3-6-12-20/h9-10,14-15H,2-8,11-13H2,1H3. The number of carbonyl (C=O) groups is 1. The second-order valence-electron chi connectivity index (χ2n) is 6.51. The van der Waals surface area contributed by atoms with Gasteiger partial charge in [0.2, 0.25) is 0 Å². The minimum absolute atomic E-state index is 0.0944. The third kappa shape index (κ3) is 3.26. The minimum Gasteiger partial charge on any atom is -0.367 e. The van der Waals surface area contributed by atoms with Gasteiger partial charge in [0.1, 0.15) is 5.69 Å². The molecule has 3 heterocycles. The zero-order chi connectivity index (χ0) is 15.4. The largest absolute Gasteiger partial charge is 0.367 e. The van der Waals surface area contributed by atoms with Gasteiger partial charge < -0.3 is 9.80 Å². The summed E-state index contributed by atoms with van der Waals surface area (Å²) < 4.78 is 0. The van der Waals surface area contributed by atoms with E-state index < -0.39 is 0 Å². The van der Waals surface area contributed by atoms with Gasteiger partial charge in [-0.2, -0.15) is 0 Å². The molecule has 0 spiro atoms. The highest BCUT2D eigenvalue weighted by Gasteiger charge is 2.23. The van der Waals surface area contributed by atoms with E-state index in [1.807, 2.05) is 17.2 Å². The van der Waals surface area contributed by atoms with Crippen LogP contribution in [0.2, 0.25) is 0 Å². The van der Waals surface area contributed by atoms with Crippen molar-refractivity contribution in [2.45, 2.75) is 57.9 Å². The Kier molecular flexibility index (Phi) is 4.96. The van der Waals surface area contributed by atoms with Gasteiger partial charge in [-0.1, -0.05) is 6.92 Å². The van der Waals surface area contributed by atoms with Crippen LogP contribution in [-0.2, 0) is 0 Å². The van der Waals surface area contributed by atoms with E-state index in [-0.39, 0.29) is 5.91 Å². The number of aromatic nitrogens is 1. The molecule has 2 saturated heterocycles. The van der Waals surface area contributed by atoms with Crippen LogP contribution < -0.4 is 4.90 Å². The van der Waals surface area contributed by atoms with E-state index in [1.165, 1.54) is 37.8 Å². The number of likely N-dealkylation sites (tertiary alicyclic amines) is 1. The molecule has 0 bridgehead atoms. The lowest BCUT2D eigenvalue weighted by Crippen LogP contribution is -2.39. The van der Waals surface area contributed by atoms with Gasteiger partial charge in [0.05, 0.1) is 11.9 Å². The van der Waals surface area contributed by atoms with Crippen molar-refractivity contribution >= 4 is 11.6 Å². The average Bonchev–Trinajstić information content (AvgIpc) is 2.62. The van der Waals surface area contributed by atoms with E-state index in [9.17, 15) is 4.79 Å². The maximum Gasteiger partial charge on any atom is 0.272 e. The topological polar surface area (TPSA) is 36.4 Å². The van der Waals surface area contributed by atoms with Crippen LogP contribution in [0, 0.1) is 0 Å². The van der Waals surface area contributed by atoms with E-state index in [4.69, 9.17) is 0 Å². The van der Waals surface area contributed by atoms with Crippen LogP contribution in [0.1, 0.15) is 62.4 Å². The van der Waals surface area contributed by atoms with Gasteiger partial charge in [0, 0.05) is 25.7 Å². The van der Waals surface area contributed by atoms with Gasteiger partial charge in [0.25, 0.3) is 5.91 Å². The normalized spacial score (nSPS) is 22.7. The number of carbonyl (C=O) groups excluding carboxylic acids is 1. The van der Waals surface area contributed by atoms with Gasteiger partial charge in [-0.25, -0.2) is 4.98 Å². The third-order valence-electron chi connectivity index (χ3n) is 5.04. The lowest BCUT2D eigenvalue weighted by Gasteiger charge is -2.37. The highest BCUT2D eigenvalue weighted by atomic mass is 16.2.